The standard InChI is InChI=1S/C20H26N4O7S/c1-4-30-20(29)17-22-12(23-31-17)6-10-5-11(7-21-10)32-16-8(2)14-13(9(3)25)18(26)24(14)15(16)19(27)28/h8-11,13-14,21,25H,4-7H2,1-3H3,(H,27,28)/t8-,9-,10+,11+,13?,14?/m1/s1. The highest BCUT2D eigenvalue weighted by molar-refractivity contribution is 8.03. The van der Waals surface area contributed by atoms with E-state index >= 15 is 0 Å². The van der Waals surface area contributed by atoms with Crippen molar-refractivity contribution in [2.24, 2.45) is 11.8 Å². The SMILES string of the molecule is CCOC(=O)c1nc(C[C@@H]2C[C@H](SC3=C(C(=O)O)N4C(=O)C([C@@H](C)O)C4[C@H]3C)CN2)no1. The Morgan fingerprint density at radius 3 is 2.84 bits per heavy atom. The van der Waals surface area contributed by atoms with Crippen molar-refractivity contribution in [3.05, 3.63) is 22.3 Å². The lowest BCUT2D eigenvalue weighted by Gasteiger charge is -2.46. The smallest absolute Gasteiger partial charge is 0.397 e. The molecule has 0 bridgehead atoms. The third kappa shape index (κ3) is 3.90. The predicted molar refractivity (Wildman–Crippen MR) is 111 cm³/mol. The summed E-state index contributed by atoms with van der Waals surface area (Å²) in [5.41, 5.74) is 0.0371. The van der Waals surface area contributed by atoms with Gasteiger partial charge in [-0.2, -0.15) is 4.98 Å². The Hall–Kier alpha value is -2.44. The fourth-order valence-corrected chi connectivity index (χ4v) is 6.24. The van der Waals surface area contributed by atoms with Crippen molar-refractivity contribution < 1.29 is 33.9 Å². The van der Waals surface area contributed by atoms with Crippen molar-refractivity contribution in [1.82, 2.24) is 20.4 Å². The first kappa shape index (κ1) is 22.7. The van der Waals surface area contributed by atoms with Gasteiger partial charge in [0.15, 0.2) is 5.82 Å². The van der Waals surface area contributed by atoms with Gasteiger partial charge < -0.3 is 29.7 Å². The van der Waals surface area contributed by atoms with Crippen LogP contribution in [-0.2, 0) is 20.7 Å². The van der Waals surface area contributed by atoms with Gasteiger partial charge in [0.1, 0.15) is 5.70 Å². The molecule has 32 heavy (non-hydrogen) atoms. The number of β-lactam (4-membered cyclic amide) rings is 1. The molecule has 6 atom stereocenters. The van der Waals surface area contributed by atoms with E-state index in [2.05, 4.69) is 15.5 Å². The molecule has 4 rings (SSSR count). The van der Waals surface area contributed by atoms with E-state index in [4.69, 9.17) is 9.26 Å². The van der Waals surface area contributed by atoms with Gasteiger partial charge in [0.05, 0.1) is 24.7 Å². The maximum atomic E-state index is 12.5. The number of aliphatic hydroxyl groups is 1. The van der Waals surface area contributed by atoms with Crippen LogP contribution in [0.25, 0.3) is 0 Å². The van der Waals surface area contributed by atoms with Gasteiger partial charge >= 0.3 is 17.8 Å². The number of esters is 1. The van der Waals surface area contributed by atoms with Crippen LogP contribution in [0, 0.1) is 11.8 Å². The number of hydrogen-bond donors (Lipinski definition) is 3. The van der Waals surface area contributed by atoms with Crippen molar-refractivity contribution in [3.8, 4) is 0 Å². The second-order valence-electron chi connectivity index (χ2n) is 8.29. The first-order valence-corrected chi connectivity index (χ1v) is 11.5. The molecular formula is C20H26N4O7S. The van der Waals surface area contributed by atoms with Gasteiger partial charge in [-0.15, -0.1) is 11.8 Å². The Morgan fingerprint density at radius 2 is 2.19 bits per heavy atom. The van der Waals surface area contributed by atoms with Crippen LogP contribution in [0.15, 0.2) is 15.1 Å². The molecule has 2 unspecified atom stereocenters. The van der Waals surface area contributed by atoms with Gasteiger partial charge in [0.2, 0.25) is 5.91 Å². The van der Waals surface area contributed by atoms with Crippen molar-refractivity contribution in [2.45, 2.75) is 57.1 Å². The first-order chi connectivity index (χ1) is 15.2. The number of nitrogens with one attached hydrogen (secondary N) is 1. The second-order valence-corrected chi connectivity index (χ2v) is 9.64. The summed E-state index contributed by atoms with van der Waals surface area (Å²) >= 11 is 1.48. The molecule has 1 aromatic heterocycles. The molecule has 3 aliphatic rings. The highest BCUT2D eigenvalue weighted by atomic mass is 32.2. The Bertz CT molecular complexity index is 961. The number of rotatable bonds is 8. The predicted octanol–water partition coefficient (Wildman–Crippen LogP) is 0.406. The number of aliphatic hydroxyl groups excluding tert-OH is 1. The lowest BCUT2D eigenvalue weighted by Crippen LogP contribution is -2.63. The number of carboxylic acids is 1. The van der Waals surface area contributed by atoms with Crippen LogP contribution in [0.3, 0.4) is 0 Å². The lowest BCUT2D eigenvalue weighted by molar-refractivity contribution is -0.163. The molecule has 3 aliphatic heterocycles. The number of carbonyl (C=O) groups excluding carboxylic acids is 2. The molecule has 4 heterocycles. The van der Waals surface area contributed by atoms with Crippen molar-refractivity contribution in [1.29, 1.82) is 0 Å². The average molecular weight is 467 g/mol. The Morgan fingerprint density at radius 1 is 1.44 bits per heavy atom. The van der Waals surface area contributed by atoms with Gasteiger partial charge in [-0.25, -0.2) is 9.59 Å². The number of thioether (sulfide) groups is 1. The first-order valence-electron chi connectivity index (χ1n) is 10.6. The molecule has 1 aromatic rings. The summed E-state index contributed by atoms with van der Waals surface area (Å²) in [6, 6.07) is -0.281. The van der Waals surface area contributed by atoms with Crippen LogP contribution in [0.4, 0.5) is 0 Å². The summed E-state index contributed by atoms with van der Waals surface area (Å²) in [6.07, 6.45) is 0.366. The van der Waals surface area contributed by atoms with Gasteiger partial charge in [-0.1, -0.05) is 12.1 Å². The number of carboxylic acid groups (broad SMARTS) is 1. The molecule has 12 heteroatoms. The van der Waals surface area contributed by atoms with E-state index in [0.29, 0.717) is 23.7 Å². The zero-order chi connectivity index (χ0) is 23.2. The zero-order valence-corrected chi connectivity index (χ0v) is 18.8. The minimum absolute atomic E-state index is 0.0367. The summed E-state index contributed by atoms with van der Waals surface area (Å²) in [4.78, 5) is 42.2. The highest BCUT2D eigenvalue weighted by Crippen LogP contribution is 2.51. The van der Waals surface area contributed by atoms with Gasteiger partial charge in [-0.3, -0.25) is 4.79 Å². The second kappa shape index (κ2) is 8.83. The normalized spacial score (nSPS) is 30.3. The number of ether oxygens (including phenoxy) is 1. The van der Waals surface area contributed by atoms with Gasteiger partial charge in [0.25, 0.3) is 0 Å². The largest absolute Gasteiger partial charge is 0.477 e. The summed E-state index contributed by atoms with van der Waals surface area (Å²) in [6.45, 7) is 6.03. The monoisotopic (exact) mass is 466 g/mol. The molecular weight excluding hydrogens is 440 g/mol. The molecule has 0 aliphatic carbocycles. The van der Waals surface area contributed by atoms with E-state index in [9.17, 15) is 24.6 Å². The number of nitrogens with zero attached hydrogens (tertiary/aromatic N) is 3. The van der Waals surface area contributed by atoms with Crippen LogP contribution < -0.4 is 5.32 Å². The topological polar surface area (TPSA) is 155 Å². The minimum atomic E-state index is -1.12. The number of amides is 1. The number of aromatic nitrogens is 2. The third-order valence-corrected chi connectivity index (χ3v) is 7.64. The van der Waals surface area contributed by atoms with E-state index in [0.717, 1.165) is 6.42 Å². The molecule has 0 radical (unpaired) electrons. The van der Waals surface area contributed by atoms with E-state index in [-0.39, 0.29) is 47.4 Å². The maximum absolute atomic E-state index is 12.5. The molecule has 0 aromatic carbocycles. The fraction of sp³-hybridized carbons (Fsp3) is 0.650. The van der Waals surface area contributed by atoms with Crippen LogP contribution in [0.5, 0.6) is 0 Å². The van der Waals surface area contributed by atoms with Gasteiger partial charge in [0, 0.05) is 35.1 Å². The minimum Gasteiger partial charge on any atom is -0.477 e. The number of hydrogen-bond acceptors (Lipinski definition) is 10. The Kier molecular flexibility index (Phi) is 6.28. The number of aliphatic carboxylic acids is 1. The fourth-order valence-electron chi connectivity index (χ4n) is 4.72. The zero-order valence-electron chi connectivity index (χ0n) is 18.0. The summed E-state index contributed by atoms with van der Waals surface area (Å²) in [5, 5.41) is 27.0. The van der Waals surface area contributed by atoms with Gasteiger partial charge in [-0.05, 0) is 20.3 Å². The molecule has 3 N–H and O–H groups in total. The van der Waals surface area contributed by atoms with Crippen LogP contribution in [-0.4, -0.2) is 79.7 Å². The number of fused-ring (bicyclic) bond motifs is 1. The van der Waals surface area contributed by atoms with E-state index in [1.165, 1.54) is 16.7 Å². The average Bonchev–Trinajstić information content (AvgIpc) is 3.42. The Balaban J connectivity index is 1.40. The molecule has 0 spiro atoms. The quantitative estimate of drug-likeness (QED) is 0.360. The summed E-state index contributed by atoms with van der Waals surface area (Å²) in [5.74, 6) is -2.63. The maximum Gasteiger partial charge on any atom is 0.397 e. The lowest BCUT2D eigenvalue weighted by atomic mass is 9.79. The summed E-state index contributed by atoms with van der Waals surface area (Å²) in [7, 11) is 0. The molecule has 2 fully saturated rings. The Labute approximate surface area is 188 Å². The van der Waals surface area contributed by atoms with Crippen LogP contribution in [0.2, 0.25) is 0 Å². The van der Waals surface area contributed by atoms with E-state index in [1.54, 1.807) is 13.8 Å². The third-order valence-electron chi connectivity index (χ3n) is 6.13. The van der Waals surface area contributed by atoms with Crippen LogP contribution in [0.1, 0.15) is 43.7 Å². The van der Waals surface area contributed by atoms with Crippen molar-refractivity contribution in [2.75, 3.05) is 13.2 Å². The molecule has 174 valence electrons. The van der Waals surface area contributed by atoms with Crippen molar-refractivity contribution in [3.63, 3.8) is 0 Å². The molecule has 0 saturated carbocycles. The van der Waals surface area contributed by atoms with Crippen molar-refractivity contribution >= 4 is 29.6 Å². The molecule has 1 amide bonds. The number of carbonyl (C=O) groups is 3. The highest BCUT2D eigenvalue weighted by Gasteiger charge is 2.60. The van der Waals surface area contributed by atoms with Crippen LogP contribution >= 0.6 is 11.8 Å². The molecule has 11 nitrogen and oxygen atoms in total. The van der Waals surface area contributed by atoms with E-state index < -0.39 is 24.0 Å². The van der Waals surface area contributed by atoms with E-state index in [1.807, 2.05) is 6.92 Å². The summed E-state index contributed by atoms with van der Waals surface area (Å²) < 4.78 is 9.79. The molecule has 2 saturated heterocycles.